The molecule has 142 valence electrons. The molecule has 2 aromatic heterocycles. The van der Waals surface area contributed by atoms with Crippen LogP contribution in [0.1, 0.15) is 46.8 Å². The van der Waals surface area contributed by atoms with Crippen LogP contribution in [0.2, 0.25) is 0 Å². The van der Waals surface area contributed by atoms with Crippen LogP contribution in [0.15, 0.2) is 23.1 Å². The van der Waals surface area contributed by atoms with Crippen LogP contribution in [0.3, 0.4) is 0 Å². The average molecular weight is 369 g/mol. The van der Waals surface area contributed by atoms with Crippen LogP contribution >= 0.6 is 0 Å². The van der Waals surface area contributed by atoms with Crippen LogP contribution < -0.4 is 0 Å². The van der Waals surface area contributed by atoms with Gasteiger partial charge in [-0.3, -0.25) is 14.6 Å². The van der Waals surface area contributed by atoms with Crippen molar-refractivity contribution in [2.24, 2.45) is 5.41 Å². The lowest BCUT2D eigenvalue weighted by atomic mass is 9.77. The quantitative estimate of drug-likeness (QED) is 0.818. The molecule has 2 amide bonds. The standard InChI is InChI=1S/C19H23N5O3/c1-13-15(14(2)27-22-13)11-24-12-19(9-17(24)25)3-7-23(8-4-19)18(26)16-10-20-5-6-21-16/h5-6,10H,3-4,7-9,11-12H2,1-2H3. The van der Waals surface area contributed by atoms with Crippen LogP contribution in [0.5, 0.6) is 0 Å². The number of hydrogen-bond acceptors (Lipinski definition) is 6. The van der Waals surface area contributed by atoms with E-state index >= 15 is 0 Å². The highest BCUT2D eigenvalue weighted by molar-refractivity contribution is 5.92. The summed E-state index contributed by atoms with van der Waals surface area (Å²) in [6, 6.07) is 0. The highest BCUT2D eigenvalue weighted by atomic mass is 16.5. The second-order valence-corrected chi connectivity index (χ2v) is 7.61. The molecule has 1 spiro atoms. The van der Waals surface area contributed by atoms with Gasteiger partial charge in [-0.25, -0.2) is 4.98 Å². The molecule has 4 rings (SSSR count). The smallest absolute Gasteiger partial charge is 0.274 e. The van der Waals surface area contributed by atoms with Gasteiger partial charge in [0.1, 0.15) is 11.5 Å². The summed E-state index contributed by atoms with van der Waals surface area (Å²) < 4.78 is 5.22. The van der Waals surface area contributed by atoms with Gasteiger partial charge in [-0.2, -0.15) is 0 Å². The fourth-order valence-electron chi connectivity index (χ4n) is 4.13. The summed E-state index contributed by atoms with van der Waals surface area (Å²) >= 11 is 0. The molecule has 0 aliphatic carbocycles. The average Bonchev–Trinajstić information content (AvgIpc) is 3.16. The third-order valence-corrected chi connectivity index (χ3v) is 5.83. The zero-order valence-electron chi connectivity index (χ0n) is 15.6. The first-order valence-corrected chi connectivity index (χ1v) is 9.22. The van der Waals surface area contributed by atoms with Gasteiger partial charge < -0.3 is 14.3 Å². The van der Waals surface area contributed by atoms with E-state index in [-0.39, 0.29) is 17.2 Å². The first-order valence-electron chi connectivity index (χ1n) is 9.22. The number of carbonyl (C=O) groups excluding carboxylic acids is 2. The minimum Gasteiger partial charge on any atom is -0.361 e. The molecule has 2 fully saturated rings. The van der Waals surface area contributed by atoms with E-state index in [0.717, 1.165) is 36.4 Å². The van der Waals surface area contributed by atoms with Crippen molar-refractivity contribution in [3.8, 4) is 0 Å². The maximum Gasteiger partial charge on any atom is 0.274 e. The summed E-state index contributed by atoms with van der Waals surface area (Å²) in [4.78, 5) is 36.9. The van der Waals surface area contributed by atoms with Crippen LogP contribution in [0.4, 0.5) is 0 Å². The predicted molar refractivity (Wildman–Crippen MR) is 95.6 cm³/mol. The third kappa shape index (κ3) is 3.31. The summed E-state index contributed by atoms with van der Waals surface area (Å²) in [5, 5.41) is 3.98. The van der Waals surface area contributed by atoms with E-state index in [9.17, 15) is 9.59 Å². The molecule has 2 aromatic rings. The minimum atomic E-state index is -0.0881. The van der Waals surface area contributed by atoms with Crippen LogP contribution in [0, 0.1) is 19.3 Å². The van der Waals surface area contributed by atoms with Gasteiger partial charge in [-0.15, -0.1) is 0 Å². The fraction of sp³-hybridized carbons (Fsp3) is 0.526. The molecule has 0 saturated carbocycles. The Hall–Kier alpha value is -2.77. The fourth-order valence-corrected chi connectivity index (χ4v) is 4.13. The van der Waals surface area contributed by atoms with E-state index in [4.69, 9.17) is 4.52 Å². The van der Waals surface area contributed by atoms with Gasteiger partial charge in [-0.1, -0.05) is 5.16 Å². The van der Waals surface area contributed by atoms with Crippen molar-refractivity contribution in [1.82, 2.24) is 24.9 Å². The zero-order chi connectivity index (χ0) is 19.0. The van der Waals surface area contributed by atoms with E-state index in [1.807, 2.05) is 23.6 Å². The van der Waals surface area contributed by atoms with Crippen molar-refractivity contribution in [2.75, 3.05) is 19.6 Å². The first kappa shape index (κ1) is 17.6. The third-order valence-electron chi connectivity index (χ3n) is 5.83. The molecule has 8 nitrogen and oxygen atoms in total. The normalized spacial score (nSPS) is 19.1. The molecule has 4 heterocycles. The number of aryl methyl sites for hydroxylation is 2. The van der Waals surface area contributed by atoms with E-state index in [0.29, 0.717) is 31.7 Å². The first-order chi connectivity index (χ1) is 13.0. The Labute approximate surface area is 157 Å². The molecule has 0 aromatic carbocycles. The molecule has 0 N–H and O–H groups in total. The van der Waals surface area contributed by atoms with Crippen molar-refractivity contribution in [3.63, 3.8) is 0 Å². The number of carbonyl (C=O) groups is 2. The predicted octanol–water partition coefficient (Wildman–Crippen LogP) is 1.74. The Morgan fingerprint density at radius 2 is 2.04 bits per heavy atom. The Morgan fingerprint density at radius 3 is 2.67 bits per heavy atom. The number of piperidine rings is 1. The second-order valence-electron chi connectivity index (χ2n) is 7.61. The molecule has 0 bridgehead atoms. The number of nitrogens with zero attached hydrogens (tertiary/aromatic N) is 5. The molecule has 0 atom stereocenters. The molecular formula is C19H23N5O3. The maximum atomic E-state index is 12.6. The van der Waals surface area contributed by atoms with Crippen molar-refractivity contribution in [3.05, 3.63) is 41.3 Å². The van der Waals surface area contributed by atoms with E-state index in [2.05, 4.69) is 15.1 Å². The van der Waals surface area contributed by atoms with Gasteiger partial charge >= 0.3 is 0 Å². The van der Waals surface area contributed by atoms with Crippen molar-refractivity contribution in [2.45, 2.75) is 39.7 Å². The van der Waals surface area contributed by atoms with Crippen LogP contribution in [-0.2, 0) is 11.3 Å². The summed E-state index contributed by atoms with van der Waals surface area (Å²) in [6.45, 7) is 6.33. The van der Waals surface area contributed by atoms with Crippen molar-refractivity contribution < 1.29 is 14.1 Å². The molecule has 0 unspecified atom stereocenters. The molecule has 27 heavy (non-hydrogen) atoms. The molecule has 2 aliphatic rings. The van der Waals surface area contributed by atoms with E-state index in [1.165, 1.54) is 12.4 Å². The monoisotopic (exact) mass is 369 g/mol. The molecule has 2 saturated heterocycles. The summed E-state index contributed by atoms with van der Waals surface area (Å²) in [5.74, 6) is 0.851. The molecule has 0 radical (unpaired) electrons. The number of amides is 2. The SMILES string of the molecule is Cc1noc(C)c1CN1CC2(CCN(C(=O)c3cnccn3)CC2)CC1=O. The van der Waals surface area contributed by atoms with Gasteiger partial charge in [0.2, 0.25) is 5.91 Å². The Balaban J connectivity index is 1.40. The molecular weight excluding hydrogens is 346 g/mol. The Bertz CT molecular complexity index is 836. The topological polar surface area (TPSA) is 92.4 Å². The van der Waals surface area contributed by atoms with Gasteiger partial charge in [-0.05, 0) is 26.7 Å². The van der Waals surface area contributed by atoms with Crippen LogP contribution in [-0.4, -0.2) is 56.4 Å². The Morgan fingerprint density at radius 1 is 1.26 bits per heavy atom. The van der Waals surface area contributed by atoms with Crippen LogP contribution in [0.25, 0.3) is 0 Å². The number of rotatable bonds is 3. The summed E-state index contributed by atoms with van der Waals surface area (Å²) in [7, 11) is 0. The summed E-state index contributed by atoms with van der Waals surface area (Å²) in [5.41, 5.74) is 2.16. The second kappa shape index (κ2) is 6.75. The minimum absolute atomic E-state index is 0.0464. The molecule has 2 aliphatic heterocycles. The molecule has 8 heteroatoms. The van der Waals surface area contributed by atoms with Gasteiger partial charge in [0.15, 0.2) is 0 Å². The highest BCUT2D eigenvalue weighted by Gasteiger charge is 2.45. The van der Waals surface area contributed by atoms with Gasteiger partial charge in [0.25, 0.3) is 5.91 Å². The number of hydrogen-bond donors (Lipinski definition) is 0. The largest absolute Gasteiger partial charge is 0.361 e. The lowest BCUT2D eigenvalue weighted by molar-refractivity contribution is -0.128. The number of likely N-dealkylation sites (tertiary alicyclic amines) is 2. The number of aromatic nitrogens is 3. The van der Waals surface area contributed by atoms with Crippen molar-refractivity contribution >= 4 is 11.8 Å². The lowest BCUT2D eigenvalue weighted by Crippen LogP contribution is -2.44. The summed E-state index contributed by atoms with van der Waals surface area (Å²) in [6.07, 6.45) is 6.77. The Kier molecular flexibility index (Phi) is 4.41. The maximum absolute atomic E-state index is 12.6. The lowest BCUT2D eigenvalue weighted by Gasteiger charge is -2.38. The van der Waals surface area contributed by atoms with Gasteiger partial charge in [0.05, 0.1) is 18.4 Å². The van der Waals surface area contributed by atoms with Gasteiger partial charge in [0, 0.05) is 49.4 Å². The van der Waals surface area contributed by atoms with E-state index in [1.54, 1.807) is 6.20 Å². The highest BCUT2D eigenvalue weighted by Crippen LogP contribution is 2.41. The zero-order valence-corrected chi connectivity index (χ0v) is 15.6. The van der Waals surface area contributed by atoms with Crippen molar-refractivity contribution in [1.29, 1.82) is 0 Å². The van der Waals surface area contributed by atoms with E-state index < -0.39 is 0 Å².